The lowest BCUT2D eigenvalue weighted by atomic mass is 10.1. The Morgan fingerprint density at radius 3 is 2.47 bits per heavy atom. The number of hydrogen-bond donors (Lipinski definition) is 1. The van der Waals surface area contributed by atoms with E-state index in [2.05, 4.69) is 34.2 Å². The Morgan fingerprint density at radius 1 is 1.03 bits per heavy atom. The van der Waals surface area contributed by atoms with E-state index < -0.39 is 0 Å². The fraction of sp³-hybridized carbons (Fsp3) is 0.360. The van der Waals surface area contributed by atoms with Crippen LogP contribution in [0.15, 0.2) is 54.6 Å². The lowest BCUT2D eigenvalue weighted by Gasteiger charge is -2.35. The normalized spacial score (nSPS) is 17.3. The molecular formula is C25H28N4O. The summed E-state index contributed by atoms with van der Waals surface area (Å²) in [4.78, 5) is 22.8. The lowest BCUT2D eigenvalue weighted by molar-refractivity contribution is 0.102. The van der Waals surface area contributed by atoms with Crippen molar-refractivity contribution < 1.29 is 4.79 Å². The summed E-state index contributed by atoms with van der Waals surface area (Å²) in [5.41, 5.74) is 4.69. The van der Waals surface area contributed by atoms with E-state index in [-0.39, 0.29) is 5.91 Å². The summed E-state index contributed by atoms with van der Waals surface area (Å²) in [6, 6.07) is 18.1. The van der Waals surface area contributed by atoms with Crippen molar-refractivity contribution >= 4 is 28.2 Å². The molecule has 0 radical (unpaired) electrons. The van der Waals surface area contributed by atoms with Gasteiger partial charge in [0.05, 0.1) is 11.1 Å². The maximum Gasteiger partial charge on any atom is 0.256 e. The molecule has 1 aliphatic carbocycles. The van der Waals surface area contributed by atoms with E-state index in [1.54, 1.807) is 0 Å². The van der Waals surface area contributed by atoms with E-state index in [1.807, 2.05) is 42.5 Å². The molecule has 1 aromatic heterocycles. The third-order valence-corrected chi connectivity index (χ3v) is 6.29. The highest BCUT2D eigenvalue weighted by molar-refractivity contribution is 6.12. The van der Waals surface area contributed by atoms with Gasteiger partial charge in [0.15, 0.2) is 0 Å². The second-order valence-corrected chi connectivity index (χ2v) is 8.31. The minimum atomic E-state index is -0.0696. The van der Waals surface area contributed by atoms with E-state index in [4.69, 9.17) is 4.98 Å². The average molecular weight is 401 g/mol. The molecular weight excluding hydrogens is 372 g/mol. The van der Waals surface area contributed by atoms with Crippen LogP contribution in [0.1, 0.15) is 41.7 Å². The van der Waals surface area contributed by atoms with Crippen molar-refractivity contribution in [3.8, 4) is 0 Å². The van der Waals surface area contributed by atoms with Gasteiger partial charge in [-0.15, -0.1) is 0 Å². The predicted octanol–water partition coefficient (Wildman–Crippen LogP) is 4.51. The Morgan fingerprint density at radius 2 is 1.77 bits per heavy atom. The molecule has 0 bridgehead atoms. The molecule has 1 amide bonds. The van der Waals surface area contributed by atoms with E-state index >= 15 is 0 Å². The number of fused-ring (bicyclic) bond motifs is 1. The van der Waals surface area contributed by atoms with Crippen molar-refractivity contribution in [3.05, 3.63) is 65.9 Å². The molecule has 0 spiro atoms. The number of nitrogens with one attached hydrogen (secondary N) is 1. The molecule has 2 aromatic carbocycles. The molecule has 2 fully saturated rings. The molecule has 0 unspecified atom stereocenters. The number of carbonyl (C=O) groups is 1. The van der Waals surface area contributed by atoms with E-state index in [0.717, 1.165) is 55.0 Å². The minimum absolute atomic E-state index is 0.0696. The van der Waals surface area contributed by atoms with Crippen molar-refractivity contribution in [2.75, 3.05) is 42.9 Å². The Bertz CT molecular complexity index is 1050. The van der Waals surface area contributed by atoms with Gasteiger partial charge in [0.25, 0.3) is 5.91 Å². The molecule has 1 saturated heterocycles. The Labute approximate surface area is 177 Å². The maximum absolute atomic E-state index is 13.1. The zero-order valence-electron chi connectivity index (χ0n) is 17.5. The molecule has 1 aliphatic heterocycles. The quantitative estimate of drug-likeness (QED) is 0.685. The molecule has 5 nitrogen and oxygen atoms in total. The summed E-state index contributed by atoms with van der Waals surface area (Å²) < 4.78 is 0. The number of amides is 1. The van der Waals surface area contributed by atoms with Gasteiger partial charge in [-0.05, 0) is 55.8 Å². The van der Waals surface area contributed by atoms with Gasteiger partial charge in [0.2, 0.25) is 0 Å². The van der Waals surface area contributed by atoms with Gasteiger partial charge in [0, 0.05) is 54.6 Å². The maximum atomic E-state index is 13.1. The number of piperazine rings is 1. The first kappa shape index (κ1) is 19.1. The van der Waals surface area contributed by atoms with Crippen LogP contribution < -0.4 is 10.2 Å². The molecule has 2 aliphatic rings. The van der Waals surface area contributed by atoms with Crippen LogP contribution in [0, 0.1) is 0 Å². The Balaban J connectivity index is 1.33. The van der Waals surface area contributed by atoms with Crippen LogP contribution in [0.5, 0.6) is 0 Å². The second-order valence-electron chi connectivity index (χ2n) is 8.31. The highest BCUT2D eigenvalue weighted by Crippen LogP contribution is 2.40. The van der Waals surface area contributed by atoms with Gasteiger partial charge in [0.1, 0.15) is 0 Å². The first-order valence-electron chi connectivity index (χ1n) is 11.0. The molecule has 5 rings (SSSR count). The van der Waals surface area contributed by atoms with Crippen molar-refractivity contribution in [2.45, 2.75) is 25.7 Å². The third-order valence-electron chi connectivity index (χ3n) is 6.29. The zero-order valence-corrected chi connectivity index (χ0v) is 17.5. The summed E-state index contributed by atoms with van der Waals surface area (Å²) in [5.74, 6) is 0.438. The van der Waals surface area contributed by atoms with Crippen molar-refractivity contribution in [1.29, 1.82) is 0 Å². The highest BCUT2D eigenvalue weighted by atomic mass is 16.1. The summed E-state index contributed by atoms with van der Waals surface area (Å²) in [6.45, 7) is 7.64. The van der Waals surface area contributed by atoms with Gasteiger partial charge in [-0.2, -0.15) is 0 Å². The number of rotatable bonds is 5. The molecule has 1 saturated carbocycles. The van der Waals surface area contributed by atoms with Gasteiger partial charge in [-0.1, -0.05) is 25.1 Å². The smallest absolute Gasteiger partial charge is 0.256 e. The molecule has 5 heteroatoms. The predicted molar refractivity (Wildman–Crippen MR) is 122 cm³/mol. The van der Waals surface area contributed by atoms with Crippen LogP contribution in [-0.2, 0) is 0 Å². The SMILES string of the molecule is CCN1CCN(c2ccc(NC(=O)c3cc(C4CC4)nc4ccccc34)cc2)CC1. The number of para-hydroxylation sites is 1. The van der Waals surface area contributed by atoms with E-state index in [0.29, 0.717) is 11.5 Å². The molecule has 2 heterocycles. The number of carbonyl (C=O) groups excluding carboxylic acids is 1. The molecule has 154 valence electrons. The minimum Gasteiger partial charge on any atom is -0.369 e. The number of benzene rings is 2. The number of pyridine rings is 1. The number of aromatic nitrogens is 1. The van der Waals surface area contributed by atoms with Gasteiger partial charge in [-0.25, -0.2) is 0 Å². The summed E-state index contributed by atoms with van der Waals surface area (Å²) in [7, 11) is 0. The van der Waals surface area contributed by atoms with E-state index in [9.17, 15) is 4.79 Å². The van der Waals surface area contributed by atoms with Crippen LogP contribution >= 0.6 is 0 Å². The number of hydrogen-bond acceptors (Lipinski definition) is 4. The van der Waals surface area contributed by atoms with Crippen LogP contribution in [-0.4, -0.2) is 48.5 Å². The van der Waals surface area contributed by atoms with Crippen molar-refractivity contribution in [3.63, 3.8) is 0 Å². The zero-order chi connectivity index (χ0) is 20.5. The highest BCUT2D eigenvalue weighted by Gasteiger charge is 2.27. The Hall–Kier alpha value is -2.92. The van der Waals surface area contributed by atoms with Gasteiger partial charge < -0.3 is 15.1 Å². The monoisotopic (exact) mass is 400 g/mol. The third kappa shape index (κ3) is 3.90. The summed E-state index contributed by atoms with van der Waals surface area (Å²) in [6.07, 6.45) is 2.33. The van der Waals surface area contributed by atoms with E-state index in [1.165, 1.54) is 18.5 Å². The summed E-state index contributed by atoms with van der Waals surface area (Å²) >= 11 is 0. The van der Waals surface area contributed by atoms with Crippen LogP contribution in [0.2, 0.25) is 0 Å². The first-order chi connectivity index (χ1) is 14.7. The van der Waals surface area contributed by atoms with Crippen molar-refractivity contribution in [2.24, 2.45) is 0 Å². The van der Waals surface area contributed by atoms with Crippen LogP contribution in [0.4, 0.5) is 11.4 Å². The number of nitrogens with zero attached hydrogens (tertiary/aromatic N) is 3. The molecule has 3 aromatic rings. The standard InChI is InChI=1S/C25H28N4O/c1-2-28-13-15-29(16-14-28)20-11-9-19(10-12-20)26-25(30)22-17-24(18-7-8-18)27-23-6-4-3-5-21(22)23/h3-6,9-12,17-18H,2,7-8,13-16H2,1H3,(H,26,30). The second kappa shape index (κ2) is 8.07. The molecule has 1 N–H and O–H groups in total. The average Bonchev–Trinajstić information content (AvgIpc) is 3.64. The first-order valence-corrected chi connectivity index (χ1v) is 11.0. The van der Waals surface area contributed by atoms with Crippen molar-refractivity contribution in [1.82, 2.24) is 9.88 Å². The Kier molecular flexibility index (Phi) is 5.13. The fourth-order valence-corrected chi connectivity index (χ4v) is 4.25. The summed E-state index contributed by atoms with van der Waals surface area (Å²) in [5, 5.41) is 4.00. The van der Waals surface area contributed by atoms with Crippen LogP contribution in [0.25, 0.3) is 10.9 Å². The molecule has 0 atom stereocenters. The topological polar surface area (TPSA) is 48.5 Å². The fourth-order valence-electron chi connectivity index (χ4n) is 4.25. The molecule has 30 heavy (non-hydrogen) atoms. The number of anilines is 2. The van der Waals surface area contributed by atoms with Gasteiger partial charge >= 0.3 is 0 Å². The van der Waals surface area contributed by atoms with Gasteiger partial charge in [-0.3, -0.25) is 9.78 Å². The van der Waals surface area contributed by atoms with Crippen LogP contribution in [0.3, 0.4) is 0 Å². The number of likely N-dealkylation sites (N-methyl/N-ethyl adjacent to an activating group) is 1. The lowest BCUT2D eigenvalue weighted by Crippen LogP contribution is -2.46. The largest absolute Gasteiger partial charge is 0.369 e.